The number of esters is 1. The smallest absolute Gasteiger partial charge is 0.311 e. The number of hydrogen-bond donors (Lipinski definition) is 0. The minimum absolute atomic E-state index is 0.165. The van der Waals surface area contributed by atoms with E-state index < -0.39 is 0 Å². The summed E-state index contributed by atoms with van der Waals surface area (Å²) >= 11 is 0. The lowest BCUT2D eigenvalue weighted by atomic mass is 9.98. The third-order valence-electron chi connectivity index (χ3n) is 3.06. The maximum Gasteiger partial charge on any atom is 0.311 e. The van der Waals surface area contributed by atoms with E-state index in [4.69, 9.17) is 4.74 Å². The van der Waals surface area contributed by atoms with Gasteiger partial charge in [0.25, 0.3) is 0 Å². The van der Waals surface area contributed by atoms with Crippen LogP contribution in [0.25, 0.3) is 0 Å². The van der Waals surface area contributed by atoms with Crippen LogP contribution in [0.5, 0.6) is 5.75 Å². The van der Waals surface area contributed by atoms with Crippen molar-refractivity contribution in [3.63, 3.8) is 0 Å². The van der Waals surface area contributed by atoms with Crippen LogP contribution < -0.4 is 4.74 Å². The van der Waals surface area contributed by atoms with E-state index >= 15 is 0 Å². The van der Waals surface area contributed by atoms with Crippen LogP contribution in [0.4, 0.5) is 0 Å². The van der Waals surface area contributed by atoms with E-state index in [1.165, 1.54) is 0 Å². The maximum atomic E-state index is 11.9. The van der Waals surface area contributed by atoms with E-state index in [0.717, 1.165) is 11.1 Å². The van der Waals surface area contributed by atoms with Crippen LogP contribution in [-0.4, -0.2) is 5.97 Å². The molecule has 1 atom stereocenters. The van der Waals surface area contributed by atoms with Crippen molar-refractivity contribution < 1.29 is 9.53 Å². The number of benzene rings is 2. The van der Waals surface area contributed by atoms with Crippen molar-refractivity contribution in [1.29, 1.82) is 0 Å². The highest BCUT2D eigenvalue weighted by molar-refractivity contribution is 5.73. The molecule has 0 fully saturated rings. The number of carbonyl (C=O) groups is 1. The molecule has 19 heavy (non-hydrogen) atoms. The molecule has 0 saturated heterocycles. The molecular formula is C17H18O2. The SMILES string of the molecule is Cc1cccc(OC(=O)CC(C)c2ccccc2)c1. The van der Waals surface area contributed by atoms with Crippen molar-refractivity contribution in [2.45, 2.75) is 26.2 Å². The minimum Gasteiger partial charge on any atom is -0.427 e. The molecule has 0 aromatic heterocycles. The van der Waals surface area contributed by atoms with Gasteiger partial charge in [-0.05, 0) is 36.1 Å². The average Bonchev–Trinajstić information content (AvgIpc) is 2.39. The molecule has 0 amide bonds. The molecule has 0 aliphatic heterocycles. The van der Waals surface area contributed by atoms with Gasteiger partial charge in [0.2, 0.25) is 0 Å². The predicted octanol–water partition coefficient (Wildman–Crippen LogP) is 4.09. The Morgan fingerprint density at radius 1 is 1.11 bits per heavy atom. The quantitative estimate of drug-likeness (QED) is 0.606. The van der Waals surface area contributed by atoms with Crippen molar-refractivity contribution in [3.05, 3.63) is 65.7 Å². The molecule has 0 aliphatic rings. The van der Waals surface area contributed by atoms with Crippen LogP contribution in [0.2, 0.25) is 0 Å². The summed E-state index contributed by atoms with van der Waals surface area (Å²) in [6.07, 6.45) is 0.387. The van der Waals surface area contributed by atoms with Crippen molar-refractivity contribution >= 4 is 5.97 Å². The van der Waals surface area contributed by atoms with E-state index in [1.54, 1.807) is 6.07 Å². The second kappa shape index (κ2) is 6.19. The Kier molecular flexibility index (Phi) is 4.35. The lowest BCUT2D eigenvalue weighted by molar-refractivity contribution is -0.134. The predicted molar refractivity (Wildman–Crippen MR) is 76.3 cm³/mol. The van der Waals surface area contributed by atoms with Crippen LogP contribution in [0, 0.1) is 6.92 Å². The minimum atomic E-state index is -0.193. The molecule has 2 heteroatoms. The normalized spacial score (nSPS) is 11.9. The highest BCUT2D eigenvalue weighted by atomic mass is 16.5. The van der Waals surface area contributed by atoms with Gasteiger partial charge in [0.05, 0.1) is 6.42 Å². The number of aryl methyl sites for hydroxylation is 1. The van der Waals surface area contributed by atoms with E-state index in [9.17, 15) is 4.79 Å². The van der Waals surface area contributed by atoms with Gasteiger partial charge in [0, 0.05) is 0 Å². The molecule has 98 valence electrons. The van der Waals surface area contributed by atoms with E-state index in [-0.39, 0.29) is 11.9 Å². The lowest BCUT2D eigenvalue weighted by Gasteiger charge is -2.11. The summed E-state index contributed by atoms with van der Waals surface area (Å²) in [5.41, 5.74) is 2.24. The average molecular weight is 254 g/mol. The number of carbonyl (C=O) groups excluding carboxylic acids is 1. The van der Waals surface area contributed by atoms with Gasteiger partial charge >= 0.3 is 5.97 Å². The largest absolute Gasteiger partial charge is 0.427 e. The number of hydrogen-bond acceptors (Lipinski definition) is 2. The molecule has 2 rings (SSSR count). The summed E-state index contributed by atoms with van der Waals surface area (Å²) in [5, 5.41) is 0. The zero-order valence-electron chi connectivity index (χ0n) is 11.3. The van der Waals surface area contributed by atoms with Crippen LogP contribution in [0.15, 0.2) is 54.6 Å². The standard InChI is InChI=1S/C17H18O2/c1-13-7-6-10-16(11-13)19-17(18)12-14(2)15-8-4-3-5-9-15/h3-11,14H,12H2,1-2H3. The topological polar surface area (TPSA) is 26.3 Å². The fourth-order valence-electron chi connectivity index (χ4n) is 2.00. The second-order valence-corrected chi connectivity index (χ2v) is 4.81. The van der Waals surface area contributed by atoms with Gasteiger partial charge in [-0.25, -0.2) is 0 Å². The first-order valence-corrected chi connectivity index (χ1v) is 6.47. The molecule has 2 aromatic rings. The van der Waals surface area contributed by atoms with Gasteiger partial charge in [0.15, 0.2) is 0 Å². The Morgan fingerprint density at radius 2 is 1.84 bits per heavy atom. The molecule has 2 aromatic carbocycles. The molecule has 0 spiro atoms. The number of rotatable bonds is 4. The Morgan fingerprint density at radius 3 is 2.53 bits per heavy atom. The highest BCUT2D eigenvalue weighted by Crippen LogP contribution is 2.20. The Bertz CT molecular complexity index is 546. The summed E-state index contributed by atoms with van der Waals surface area (Å²) in [4.78, 5) is 11.9. The van der Waals surface area contributed by atoms with Gasteiger partial charge in [-0.3, -0.25) is 4.79 Å². The van der Waals surface area contributed by atoms with Crippen LogP contribution in [0.1, 0.15) is 30.4 Å². The summed E-state index contributed by atoms with van der Waals surface area (Å²) in [6, 6.07) is 17.5. The molecule has 0 bridgehead atoms. The first-order chi connectivity index (χ1) is 9.15. The fraction of sp³-hybridized carbons (Fsp3) is 0.235. The van der Waals surface area contributed by atoms with Gasteiger partial charge in [-0.1, -0.05) is 49.4 Å². The lowest BCUT2D eigenvalue weighted by Crippen LogP contribution is -2.11. The van der Waals surface area contributed by atoms with Gasteiger partial charge in [0.1, 0.15) is 5.75 Å². The molecule has 0 saturated carbocycles. The van der Waals surface area contributed by atoms with Gasteiger partial charge in [-0.15, -0.1) is 0 Å². The van der Waals surface area contributed by atoms with E-state index in [0.29, 0.717) is 12.2 Å². The van der Waals surface area contributed by atoms with Gasteiger partial charge < -0.3 is 4.74 Å². The number of ether oxygens (including phenoxy) is 1. The second-order valence-electron chi connectivity index (χ2n) is 4.81. The van der Waals surface area contributed by atoms with Crippen LogP contribution in [0.3, 0.4) is 0 Å². The van der Waals surface area contributed by atoms with E-state index in [1.807, 2.05) is 62.4 Å². The molecule has 0 heterocycles. The monoisotopic (exact) mass is 254 g/mol. The first-order valence-electron chi connectivity index (χ1n) is 6.47. The molecule has 0 N–H and O–H groups in total. The van der Waals surface area contributed by atoms with Crippen LogP contribution in [-0.2, 0) is 4.79 Å². The molecule has 2 nitrogen and oxygen atoms in total. The van der Waals surface area contributed by atoms with E-state index in [2.05, 4.69) is 0 Å². The zero-order chi connectivity index (χ0) is 13.7. The third kappa shape index (κ3) is 3.95. The Balaban J connectivity index is 1.95. The maximum absolute atomic E-state index is 11.9. The third-order valence-corrected chi connectivity index (χ3v) is 3.06. The van der Waals surface area contributed by atoms with Crippen molar-refractivity contribution in [2.24, 2.45) is 0 Å². The Hall–Kier alpha value is -2.09. The summed E-state index contributed by atoms with van der Waals surface area (Å²) in [6.45, 7) is 4.01. The van der Waals surface area contributed by atoms with Crippen molar-refractivity contribution in [1.82, 2.24) is 0 Å². The zero-order valence-corrected chi connectivity index (χ0v) is 11.3. The van der Waals surface area contributed by atoms with Crippen molar-refractivity contribution in [3.8, 4) is 5.75 Å². The summed E-state index contributed by atoms with van der Waals surface area (Å²) in [7, 11) is 0. The van der Waals surface area contributed by atoms with Gasteiger partial charge in [-0.2, -0.15) is 0 Å². The fourth-order valence-corrected chi connectivity index (χ4v) is 2.00. The molecule has 0 radical (unpaired) electrons. The first kappa shape index (κ1) is 13.3. The molecule has 1 unspecified atom stereocenters. The summed E-state index contributed by atoms with van der Waals surface area (Å²) in [5.74, 6) is 0.589. The summed E-state index contributed by atoms with van der Waals surface area (Å²) < 4.78 is 5.35. The van der Waals surface area contributed by atoms with Crippen LogP contribution >= 0.6 is 0 Å². The Labute approximate surface area is 114 Å². The molecular weight excluding hydrogens is 236 g/mol. The molecule has 0 aliphatic carbocycles. The van der Waals surface area contributed by atoms with Crippen molar-refractivity contribution in [2.75, 3.05) is 0 Å². The highest BCUT2D eigenvalue weighted by Gasteiger charge is 2.12.